The van der Waals surface area contributed by atoms with Crippen LogP contribution in [0, 0.1) is 6.92 Å². The van der Waals surface area contributed by atoms with Gasteiger partial charge in [-0.05, 0) is 20.8 Å². The van der Waals surface area contributed by atoms with Crippen molar-refractivity contribution < 1.29 is 0 Å². The first kappa shape index (κ1) is 12.8. The van der Waals surface area contributed by atoms with Gasteiger partial charge in [-0.2, -0.15) is 0 Å². The normalized spacial score (nSPS) is 10.9. The number of nitrogens with one attached hydrogen (secondary N) is 1. The Morgan fingerprint density at radius 3 is 2.89 bits per heavy atom. The van der Waals surface area contributed by atoms with Crippen LogP contribution in [-0.4, -0.2) is 19.5 Å². The van der Waals surface area contributed by atoms with Crippen LogP contribution in [0.1, 0.15) is 31.5 Å². The van der Waals surface area contributed by atoms with E-state index in [2.05, 4.69) is 38.7 Å². The highest BCUT2D eigenvalue weighted by molar-refractivity contribution is 6.32. The van der Waals surface area contributed by atoms with Crippen molar-refractivity contribution in [3.63, 3.8) is 0 Å². The van der Waals surface area contributed by atoms with Crippen molar-refractivity contribution in [3.8, 4) is 0 Å². The van der Waals surface area contributed by atoms with Gasteiger partial charge in [0.15, 0.2) is 0 Å². The highest BCUT2D eigenvalue weighted by Gasteiger charge is 2.08. The second-order valence-corrected chi connectivity index (χ2v) is 4.72. The summed E-state index contributed by atoms with van der Waals surface area (Å²) in [5.41, 5.74) is 0. The predicted octanol–water partition coefficient (Wildman–Crippen LogP) is 2.83. The topological polar surface area (TPSA) is 55.6 Å². The summed E-state index contributed by atoms with van der Waals surface area (Å²) in [4.78, 5) is 12.6. The molecular weight excluding hydrogens is 250 g/mol. The maximum absolute atomic E-state index is 6.02. The lowest BCUT2D eigenvalue weighted by atomic mass is 10.4. The molecule has 0 saturated heterocycles. The van der Waals surface area contributed by atoms with E-state index in [4.69, 9.17) is 11.6 Å². The fourth-order valence-corrected chi connectivity index (χ4v) is 1.85. The molecule has 0 unspecified atom stereocenters. The van der Waals surface area contributed by atoms with Gasteiger partial charge in [0.25, 0.3) is 0 Å². The van der Waals surface area contributed by atoms with Crippen LogP contribution in [0.2, 0.25) is 5.02 Å². The second kappa shape index (κ2) is 5.35. The zero-order chi connectivity index (χ0) is 13.1. The molecule has 2 aromatic rings. The molecule has 0 bridgehead atoms. The van der Waals surface area contributed by atoms with E-state index in [0.29, 0.717) is 29.3 Å². The fourth-order valence-electron chi connectivity index (χ4n) is 1.69. The van der Waals surface area contributed by atoms with E-state index >= 15 is 0 Å². The number of imidazole rings is 1. The van der Waals surface area contributed by atoms with E-state index in [-0.39, 0.29) is 0 Å². The Hall–Kier alpha value is -1.62. The van der Waals surface area contributed by atoms with Gasteiger partial charge in [0, 0.05) is 18.4 Å². The molecule has 2 rings (SSSR count). The minimum Gasteiger partial charge on any atom is -0.361 e. The molecule has 0 amide bonds. The highest BCUT2D eigenvalue weighted by Crippen LogP contribution is 2.18. The van der Waals surface area contributed by atoms with Crippen LogP contribution in [0.25, 0.3) is 0 Å². The summed E-state index contributed by atoms with van der Waals surface area (Å²) >= 11 is 6.02. The summed E-state index contributed by atoms with van der Waals surface area (Å²) in [6.07, 6.45) is 5.36. The minimum absolute atomic E-state index is 0.381. The number of nitrogens with zero attached hydrogens (tertiary/aromatic N) is 4. The Labute approximate surface area is 111 Å². The van der Waals surface area contributed by atoms with E-state index in [1.54, 1.807) is 12.4 Å². The molecular formula is C12H16ClN5. The number of halogens is 1. The van der Waals surface area contributed by atoms with Gasteiger partial charge >= 0.3 is 0 Å². The smallest absolute Gasteiger partial charge is 0.148 e. The first-order valence-corrected chi connectivity index (χ1v) is 6.20. The number of hydrogen-bond acceptors (Lipinski definition) is 4. The molecule has 5 nitrogen and oxygen atoms in total. The highest BCUT2D eigenvalue weighted by atomic mass is 35.5. The lowest BCUT2D eigenvalue weighted by Crippen LogP contribution is -2.11. The quantitative estimate of drug-likeness (QED) is 0.924. The van der Waals surface area contributed by atoms with Gasteiger partial charge in [-0.3, -0.25) is 0 Å². The predicted molar refractivity (Wildman–Crippen MR) is 71.7 cm³/mol. The molecule has 1 N–H and O–H groups in total. The lowest BCUT2D eigenvalue weighted by Gasteiger charge is -2.12. The Kier molecular flexibility index (Phi) is 3.81. The van der Waals surface area contributed by atoms with Gasteiger partial charge in [-0.25, -0.2) is 15.0 Å². The largest absolute Gasteiger partial charge is 0.361 e. The molecule has 0 saturated carbocycles. The summed E-state index contributed by atoms with van der Waals surface area (Å²) < 4.78 is 2.11. The van der Waals surface area contributed by atoms with Crippen molar-refractivity contribution in [1.82, 2.24) is 19.5 Å². The Balaban J connectivity index is 2.11. The average molecular weight is 266 g/mol. The number of aromatic nitrogens is 4. The summed E-state index contributed by atoms with van der Waals surface area (Å²) in [5.74, 6) is 2.29. The van der Waals surface area contributed by atoms with Crippen LogP contribution in [0.15, 0.2) is 18.6 Å². The van der Waals surface area contributed by atoms with E-state index in [0.717, 1.165) is 5.82 Å². The zero-order valence-electron chi connectivity index (χ0n) is 10.7. The second-order valence-electron chi connectivity index (χ2n) is 4.31. The van der Waals surface area contributed by atoms with Crippen molar-refractivity contribution in [1.29, 1.82) is 0 Å². The van der Waals surface area contributed by atoms with Gasteiger partial charge in [0.1, 0.15) is 22.5 Å². The summed E-state index contributed by atoms with van der Waals surface area (Å²) in [5, 5.41) is 3.70. The number of hydrogen-bond donors (Lipinski definition) is 1. The molecule has 0 aliphatic heterocycles. The van der Waals surface area contributed by atoms with Crippen LogP contribution in [0.3, 0.4) is 0 Å². The molecule has 18 heavy (non-hydrogen) atoms. The maximum atomic E-state index is 6.02. The first-order valence-electron chi connectivity index (χ1n) is 5.82. The maximum Gasteiger partial charge on any atom is 0.148 e. The standard InChI is InChI=1S/C12H16ClN5/c1-8(2)18-5-4-14-11(18)7-16-12-10(13)6-15-9(3)17-12/h4-6,8H,7H2,1-3H3,(H,15,16,17). The van der Waals surface area contributed by atoms with Crippen molar-refractivity contribution in [2.45, 2.75) is 33.4 Å². The van der Waals surface area contributed by atoms with Crippen LogP contribution in [-0.2, 0) is 6.54 Å². The Bertz CT molecular complexity index is 535. The third-order valence-electron chi connectivity index (χ3n) is 2.58. The molecule has 0 atom stereocenters. The number of anilines is 1. The van der Waals surface area contributed by atoms with Gasteiger partial charge in [0.2, 0.25) is 0 Å². The van der Waals surface area contributed by atoms with E-state index in [1.807, 2.05) is 13.1 Å². The molecule has 0 aromatic carbocycles. The van der Waals surface area contributed by atoms with Crippen LogP contribution < -0.4 is 5.32 Å². The van der Waals surface area contributed by atoms with Gasteiger partial charge in [-0.1, -0.05) is 11.6 Å². The molecule has 96 valence electrons. The van der Waals surface area contributed by atoms with Crippen molar-refractivity contribution in [2.24, 2.45) is 0 Å². The van der Waals surface area contributed by atoms with Crippen LogP contribution in [0.5, 0.6) is 0 Å². The van der Waals surface area contributed by atoms with E-state index in [9.17, 15) is 0 Å². The SMILES string of the molecule is Cc1ncc(Cl)c(NCc2nccn2C(C)C)n1. The van der Waals surface area contributed by atoms with Crippen LogP contribution in [0.4, 0.5) is 5.82 Å². The third kappa shape index (κ3) is 2.79. The molecule has 6 heteroatoms. The first-order chi connectivity index (χ1) is 8.58. The molecule has 0 spiro atoms. The summed E-state index contributed by atoms with van der Waals surface area (Å²) in [7, 11) is 0. The van der Waals surface area contributed by atoms with E-state index in [1.165, 1.54) is 0 Å². The number of rotatable bonds is 4. The third-order valence-corrected chi connectivity index (χ3v) is 2.86. The van der Waals surface area contributed by atoms with Gasteiger partial charge in [-0.15, -0.1) is 0 Å². The summed E-state index contributed by atoms with van der Waals surface area (Å²) in [6.45, 7) is 6.65. The molecule has 2 heterocycles. The van der Waals surface area contributed by atoms with Crippen molar-refractivity contribution in [3.05, 3.63) is 35.3 Å². The van der Waals surface area contributed by atoms with Crippen LogP contribution >= 0.6 is 11.6 Å². The average Bonchev–Trinajstić information content (AvgIpc) is 2.79. The molecule has 0 radical (unpaired) electrons. The van der Waals surface area contributed by atoms with E-state index < -0.39 is 0 Å². The molecule has 0 aliphatic rings. The monoisotopic (exact) mass is 265 g/mol. The molecule has 2 aromatic heterocycles. The Morgan fingerprint density at radius 1 is 1.39 bits per heavy atom. The van der Waals surface area contributed by atoms with Crippen molar-refractivity contribution >= 4 is 17.4 Å². The Morgan fingerprint density at radius 2 is 2.17 bits per heavy atom. The van der Waals surface area contributed by atoms with Gasteiger partial charge in [0.05, 0.1) is 12.7 Å². The summed E-state index contributed by atoms with van der Waals surface area (Å²) in [6, 6.07) is 0.381. The number of aryl methyl sites for hydroxylation is 1. The fraction of sp³-hybridized carbons (Fsp3) is 0.417. The minimum atomic E-state index is 0.381. The lowest BCUT2D eigenvalue weighted by molar-refractivity contribution is 0.572. The zero-order valence-corrected chi connectivity index (χ0v) is 11.4. The van der Waals surface area contributed by atoms with Crippen molar-refractivity contribution in [2.75, 3.05) is 5.32 Å². The molecule has 0 aliphatic carbocycles. The molecule has 0 fully saturated rings. The van der Waals surface area contributed by atoms with Gasteiger partial charge < -0.3 is 9.88 Å².